The average Bonchev–Trinajstić information content (AvgIpc) is 3.40. The van der Waals surface area contributed by atoms with Crippen molar-refractivity contribution in [2.75, 3.05) is 20.8 Å². The molecule has 3 atom stereocenters. The van der Waals surface area contributed by atoms with Crippen LogP contribution in [-0.4, -0.2) is 55.6 Å². The van der Waals surface area contributed by atoms with Crippen LogP contribution in [0.5, 0.6) is 5.75 Å². The van der Waals surface area contributed by atoms with Crippen LogP contribution in [0.25, 0.3) is 10.9 Å². The number of methoxy groups -OCH3 is 2. The van der Waals surface area contributed by atoms with E-state index in [2.05, 4.69) is 20.9 Å². The molecule has 2 fully saturated rings. The van der Waals surface area contributed by atoms with Gasteiger partial charge in [-0.25, -0.2) is 4.79 Å². The van der Waals surface area contributed by atoms with Gasteiger partial charge in [0.2, 0.25) is 11.8 Å². The second-order valence-corrected chi connectivity index (χ2v) is 8.93. The molecule has 1 aliphatic heterocycles. The van der Waals surface area contributed by atoms with Crippen molar-refractivity contribution in [3.63, 3.8) is 0 Å². The van der Waals surface area contributed by atoms with E-state index in [0.717, 1.165) is 35.2 Å². The molecular weight excluding hydrogens is 424 g/mol. The molecule has 1 aromatic carbocycles. The zero-order valence-corrected chi connectivity index (χ0v) is 19.1. The minimum absolute atomic E-state index is 0.0833. The molecule has 4 N–H and O–H groups in total. The predicted octanol–water partition coefficient (Wildman–Crippen LogP) is 1.62. The number of fused-ring (bicyclic) bond motifs is 1. The molecule has 2 amide bonds. The topological polar surface area (TPSA) is 122 Å². The van der Waals surface area contributed by atoms with Gasteiger partial charge in [0.05, 0.1) is 20.3 Å². The number of benzene rings is 1. The van der Waals surface area contributed by atoms with Gasteiger partial charge >= 0.3 is 5.97 Å². The molecule has 0 unspecified atom stereocenters. The second-order valence-electron chi connectivity index (χ2n) is 8.93. The molecule has 178 valence electrons. The van der Waals surface area contributed by atoms with E-state index in [1.54, 1.807) is 7.11 Å². The van der Waals surface area contributed by atoms with Crippen LogP contribution in [0.1, 0.15) is 37.8 Å². The fourth-order valence-electron chi connectivity index (χ4n) is 4.44. The highest BCUT2D eigenvalue weighted by atomic mass is 16.5. The van der Waals surface area contributed by atoms with Gasteiger partial charge in [0.15, 0.2) is 0 Å². The van der Waals surface area contributed by atoms with E-state index in [1.807, 2.05) is 24.3 Å². The first-order chi connectivity index (χ1) is 16.0. The van der Waals surface area contributed by atoms with Gasteiger partial charge in [-0.2, -0.15) is 0 Å². The van der Waals surface area contributed by atoms with Crippen LogP contribution in [0.3, 0.4) is 0 Å². The van der Waals surface area contributed by atoms with Crippen molar-refractivity contribution in [1.29, 1.82) is 0 Å². The summed E-state index contributed by atoms with van der Waals surface area (Å²) in [6, 6.07) is 6.54. The van der Waals surface area contributed by atoms with Crippen LogP contribution in [-0.2, 0) is 25.7 Å². The van der Waals surface area contributed by atoms with Gasteiger partial charge in [-0.3, -0.25) is 9.59 Å². The molecular formula is C24H32N4O5. The van der Waals surface area contributed by atoms with Crippen molar-refractivity contribution < 1.29 is 23.9 Å². The minimum Gasteiger partial charge on any atom is -0.496 e. The fraction of sp³-hybridized carbons (Fsp3) is 0.542. The fourth-order valence-corrected chi connectivity index (χ4v) is 4.44. The molecule has 1 aromatic heterocycles. The summed E-state index contributed by atoms with van der Waals surface area (Å²) in [5.41, 5.74) is 1.91. The Morgan fingerprint density at radius 2 is 1.97 bits per heavy atom. The van der Waals surface area contributed by atoms with E-state index in [4.69, 9.17) is 9.47 Å². The number of esters is 1. The quantitative estimate of drug-likeness (QED) is 0.381. The van der Waals surface area contributed by atoms with Gasteiger partial charge in [0.25, 0.3) is 0 Å². The third-order valence-electron chi connectivity index (χ3n) is 6.51. The van der Waals surface area contributed by atoms with Crippen LogP contribution < -0.4 is 20.7 Å². The molecule has 0 spiro atoms. The third-order valence-corrected chi connectivity index (χ3v) is 6.51. The number of ether oxygens (including phenoxy) is 2. The van der Waals surface area contributed by atoms with Gasteiger partial charge in [-0.1, -0.05) is 18.9 Å². The first-order valence-corrected chi connectivity index (χ1v) is 11.5. The SMILES string of the molecule is COC(=O)[C@H](C[C@@H]1CCNC1=O)NC(=O)[C@H](CC1CC1)NCc1cc2c(OC)cccc2[nH]1. The number of aromatic amines is 1. The summed E-state index contributed by atoms with van der Waals surface area (Å²) in [6.45, 7) is 1.06. The molecule has 4 rings (SSSR count). The Morgan fingerprint density at radius 3 is 2.64 bits per heavy atom. The van der Waals surface area contributed by atoms with Gasteiger partial charge in [0, 0.05) is 35.6 Å². The van der Waals surface area contributed by atoms with E-state index in [-0.39, 0.29) is 24.2 Å². The first kappa shape index (κ1) is 23.1. The lowest BCUT2D eigenvalue weighted by Gasteiger charge is -2.23. The summed E-state index contributed by atoms with van der Waals surface area (Å²) in [4.78, 5) is 40.8. The number of rotatable bonds is 11. The largest absolute Gasteiger partial charge is 0.496 e. The third kappa shape index (κ3) is 5.65. The van der Waals surface area contributed by atoms with Gasteiger partial charge in [-0.05, 0) is 43.4 Å². The smallest absolute Gasteiger partial charge is 0.328 e. The van der Waals surface area contributed by atoms with Crippen LogP contribution in [0, 0.1) is 11.8 Å². The summed E-state index contributed by atoms with van der Waals surface area (Å²) >= 11 is 0. The number of hydrogen-bond acceptors (Lipinski definition) is 6. The molecule has 1 aliphatic carbocycles. The maximum atomic E-state index is 13.2. The van der Waals surface area contributed by atoms with Gasteiger partial charge in [-0.15, -0.1) is 0 Å². The summed E-state index contributed by atoms with van der Waals surface area (Å²) in [7, 11) is 2.93. The molecule has 33 heavy (non-hydrogen) atoms. The summed E-state index contributed by atoms with van der Waals surface area (Å²) in [6.07, 6.45) is 3.81. The van der Waals surface area contributed by atoms with E-state index < -0.39 is 18.1 Å². The highest BCUT2D eigenvalue weighted by Crippen LogP contribution is 2.34. The Balaban J connectivity index is 1.42. The van der Waals surface area contributed by atoms with E-state index in [1.165, 1.54) is 7.11 Å². The van der Waals surface area contributed by atoms with Crippen molar-refractivity contribution in [3.05, 3.63) is 30.0 Å². The number of hydrogen-bond donors (Lipinski definition) is 4. The van der Waals surface area contributed by atoms with Crippen LogP contribution >= 0.6 is 0 Å². The van der Waals surface area contributed by atoms with E-state index in [9.17, 15) is 14.4 Å². The highest BCUT2D eigenvalue weighted by Gasteiger charge is 2.35. The number of aromatic nitrogens is 1. The Bertz CT molecular complexity index is 1020. The normalized spacial score (nSPS) is 19.7. The zero-order chi connectivity index (χ0) is 23.4. The second kappa shape index (κ2) is 10.2. The van der Waals surface area contributed by atoms with Crippen molar-refractivity contribution in [2.24, 2.45) is 11.8 Å². The first-order valence-electron chi connectivity index (χ1n) is 11.5. The van der Waals surface area contributed by atoms with Crippen LogP contribution in [0.2, 0.25) is 0 Å². The van der Waals surface area contributed by atoms with Gasteiger partial charge < -0.3 is 30.4 Å². The Kier molecular flexibility index (Phi) is 7.17. The molecule has 2 heterocycles. The lowest BCUT2D eigenvalue weighted by molar-refractivity contribution is -0.146. The van der Waals surface area contributed by atoms with Gasteiger partial charge in [0.1, 0.15) is 11.8 Å². The summed E-state index contributed by atoms with van der Waals surface area (Å²) < 4.78 is 10.3. The standard InChI is InChI=1S/C24H32N4O5/c1-32-21-5-3-4-18-17(21)12-16(27-18)13-26-19(10-14-6-7-14)23(30)28-20(24(31)33-2)11-15-8-9-25-22(15)29/h3-5,12,14-15,19-20,26-27H,6-11,13H2,1-2H3,(H,25,29)(H,28,30)/t15-,19-,20-/m0/s1. The lowest BCUT2D eigenvalue weighted by Crippen LogP contribution is -2.51. The summed E-state index contributed by atoms with van der Waals surface area (Å²) in [5, 5.41) is 9.96. The van der Waals surface area contributed by atoms with Crippen molar-refractivity contribution in [3.8, 4) is 5.75 Å². The number of carbonyl (C=O) groups is 3. The van der Waals surface area contributed by atoms with Crippen molar-refractivity contribution in [2.45, 2.75) is 50.7 Å². The Morgan fingerprint density at radius 1 is 1.15 bits per heavy atom. The molecule has 1 saturated carbocycles. The maximum absolute atomic E-state index is 13.2. The predicted molar refractivity (Wildman–Crippen MR) is 122 cm³/mol. The molecule has 2 aromatic rings. The lowest BCUT2D eigenvalue weighted by atomic mass is 9.98. The summed E-state index contributed by atoms with van der Waals surface area (Å²) in [5.74, 6) is 0.137. The number of amides is 2. The van der Waals surface area contributed by atoms with Crippen molar-refractivity contribution >= 4 is 28.7 Å². The minimum atomic E-state index is -0.850. The number of nitrogens with one attached hydrogen (secondary N) is 4. The Hall–Kier alpha value is -3.07. The Labute approximate surface area is 193 Å². The molecule has 0 radical (unpaired) electrons. The molecule has 0 bridgehead atoms. The highest BCUT2D eigenvalue weighted by molar-refractivity contribution is 5.89. The van der Waals surface area contributed by atoms with E-state index in [0.29, 0.717) is 31.8 Å². The monoisotopic (exact) mass is 456 g/mol. The zero-order valence-electron chi connectivity index (χ0n) is 19.1. The number of carbonyl (C=O) groups excluding carboxylic acids is 3. The molecule has 9 nitrogen and oxygen atoms in total. The van der Waals surface area contributed by atoms with Crippen LogP contribution in [0.4, 0.5) is 0 Å². The molecule has 2 aliphatic rings. The van der Waals surface area contributed by atoms with Crippen molar-refractivity contribution in [1.82, 2.24) is 20.9 Å². The maximum Gasteiger partial charge on any atom is 0.328 e. The van der Waals surface area contributed by atoms with E-state index >= 15 is 0 Å². The molecule has 1 saturated heterocycles. The average molecular weight is 457 g/mol. The molecule has 9 heteroatoms. The van der Waals surface area contributed by atoms with Crippen LogP contribution in [0.15, 0.2) is 24.3 Å². The number of H-pyrrole nitrogens is 1.